The van der Waals surface area contributed by atoms with Crippen LogP contribution >= 0.6 is 23.4 Å². The first-order chi connectivity index (χ1) is 6.33. The summed E-state index contributed by atoms with van der Waals surface area (Å²) in [6.07, 6.45) is 5.99. The lowest BCUT2D eigenvalue weighted by molar-refractivity contribution is 1.29. The zero-order valence-electron chi connectivity index (χ0n) is 7.29. The normalized spacial score (nSPS) is 9.54. The molecule has 0 amide bonds. The number of terminal acetylenes is 1. The van der Waals surface area contributed by atoms with Gasteiger partial charge in [-0.3, -0.25) is 0 Å². The first-order valence-electron chi connectivity index (χ1n) is 4.08. The van der Waals surface area contributed by atoms with Crippen LogP contribution < -0.4 is 0 Å². The standard InChI is InChI=1S/C11H11ClS/c1-2-3-8-13-9-10-4-6-11(12)7-5-10/h1,4-7H,3,8-9H2. The Hall–Kier alpha value is -0.580. The molecule has 0 aromatic heterocycles. The van der Waals surface area contributed by atoms with Crippen molar-refractivity contribution in [3.63, 3.8) is 0 Å². The van der Waals surface area contributed by atoms with Crippen LogP contribution in [0.5, 0.6) is 0 Å². The summed E-state index contributed by atoms with van der Waals surface area (Å²) in [5.41, 5.74) is 1.30. The Labute approximate surface area is 88.7 Å². The van der Waals surface area contributed by atoms with Gasteiger partial charge in [0.05, 0.1) is 0 Å². The molecule has 0 unspecified atom stereocenters. The molecular weight excluding hydrogens is 200 g/mol. The van der Waals surface area contributed by atoms with Crippen LogP contribution in [0.15, 0.2) is 24.3 Å². The van der Waals surface area contributed by atoms with Gasteiger partial charge in [-0.2, -0.15) is 11.8 Å². The molecule has 1 rings (SSSR count). The number of thioether (sulfide) groups is 1. The molecule has 0 radical (unpaired) electrons. The van der Waals surface area contributed by atoms with Crippen molar-refractivity contribution in [1.82, 2.24) is 0 Å². The maximum absolute atomic E-state index is 5.76. The van der Waals surface area contributed by atoms with E-state index in [0.29, 0.717) is 0 Å². The number of benzene rings is 1. The molecule has 0 spiro atoms. The molecule has 1 aromatic carbocycles. The third-order valence-electron chi connectivity index (χ3n) is 1.57. The van der Waals surface area contributed by atoms with Crippen LogP contribution in [0, 0.1) is 12.3 Å². The number of hydrogen-bond donors (Lipinski definition) is 0. The lowest BCUT2D eigenvalue weighted by Gasteiger charge is -1.99. The maximum atomic E-state index is 5.76. The first kappa shape index (κ1) is 10.5. The molecule has 0 bridgehead atoms. The molecule has 0 atom stereocenters. The Morgan fingerprint density at radius 3 is 2.62 bits per heavy atom. The second-order valence-corrected chi connectivity index (χ2v) is 4.17. The van der Waals surface area contributed by atoms with E-state index >= 15 is 0 Å². The number of rotatable bonds is 4. The van der Waals surface area contributed by atoms with Gasteiger partial charge in [0, 0.05) is 22.9 Å². The van der Waals surface area contributed by atoms with Crippen LogP contribution in [-0.4, -0.2) is 5.75 Å². The van der Waals surface area contributed by atoms with Crippen molar-refractivity contribution in [3.05, 3.63) is 34.9 Å². The molecule has 68 valence electrons. The predicted octanol–water partition coefficient (Wildman–Crippen LogP) is 3.60. The quantitative estimate of drug-likeness (QED) is 0.541. The van der Waals surface area contributed by atoms with Crippen molar-refractivity contribution in [2.24, 2.45) is 0 Å². The summed E-state index contributed by atoms with van der Waals surface area (Å²) in [5.74, 6) is 4.66. The zero-order valence-corrected chi connectivity index (χ0v) is 8.87. The highest BCUT2D eigenvalue weighted by Gasteiger charge is 1.92. The number of hydrogen-bond acceptors (Lipinski definition) is 1. The molecule has 0 N–H and O–H groups in total. The highest BCUT2D eigenvalue weighted by Crippen LogP contribution is 2.15. The van der Waals surface area contributed by atoms with Crippen molar-refractivity contribution in [2.45, 2.75) is 12.2 Å². The summed E-state index contributed by atoms with van der Waals surface area (Å²) in [5, 5.41) is 0.789. The second-order valence-electron chi connectivity index (χ2n) is 2.63. The van der Waals surface area contributed by atoms with Gasteiger partial charge in [-0.1, -0.05) is 23.7 Å². The predicted molar refractivity (Wildman–Crippen MR) is 61.1 cm³/mol. The van der Waals surface area contributed by atoms with Crippen LogP contribution in [0.2, 0.25) is 5.02 Å². The highest BCUT2D eigenvalue weighted by molar-refractivity contribution is 7.98. The molecular formula is C11H11ClS. The Bertz CT molecular complexity index is 284. The van der Waals surface area contributed by atoms with Gasteiger partial charge in [0.15, 0.2) is 0 Å². The van der Waals surface area contributed by atoms with Gasteiger partial charge in [-0.25, -0.2) is 0 Å². The van der Waals surface area contributed by atoms with Gasteiger partial charge >= 0.3 is 0 Å². The van der Waals surface area contributed by atoms with Gasteiger partial charge in [0.2, 0.25) is 0 Å². The molecule has 0 aliphatic rings. The van der Waals surface area contributed by atoms with Crippen molar-refractivity contribution in [1.29, 1.82) is 0 Å². The minimum absolute atomic E-state index is 0.789. The molecule has 0 heterocycles. The average Bonchev–Trinajstić information content (AvgIpc) is 2.15. The molecule has 0 aliphatic heterocycles. The summed E-state index contributed by atoms with van der Waals surface area (Å²) >= 11 is 7.61. The SMILES string of the molecule is C#CCCSCc1ccc(Cl)cc1. The van der Waals surface area contributed by atoms with E-state index in [1.807, 2.05) is 36.0 Å². The van der Waals surface area contributed by atoms with E-state index in [1.54, 1.807) is 0 Å². The van der Waals surface area contributed by atoms with E-state index < -0.39 is 0 Å². The molecule has 0 aliphatic carbocycles. The third-order valence-corrected chi connectivity index (χ3v) is 2.85. The lowest BCUT2D eigenvalue weighted by Crippen LogP contribution is -1.81. The minimum atomic E-state index is 0.789. The number of halogens is 1. The van der Waals surface area contributed by atoms with E-state index in [0.717, 1.165) is 22.9 Å². The van der Waals surface area contributed by atoms with E-state index in [2.05, 4.69) is 5.92 Å². The molecule has 1 aromatic rings. The van der Waals surface area contributed by atoms with E-state index in [9.17, 15) is 0 Å². The van der Waals surface area contributed by atoms with Crippen molar-refractivity contribution in [2.75, 3.05) is 5.75 Å². The Balaban J connectivity index is 2.30. The molecule has 0 nitrogen and oxygen atoms in total. The molecule has 0 saturated carbocycles. The first-order valence-corrected chi connectivity index (χ1v) is 5.62. The second kappa shape index (κ2) is 5.96. The zero-order chi connectivity index (χ0) is 9.52. The van der Waals surface area contributed by atoms with Gasteiger partial charge < -0.3 is 0 Å². The summed E-state index contributed by atoms with van der Waals surface area (Å²) < 4.78 is 0. The molecule has 0 saturated heterocycles. The van der Waals surface area contributed by atoms with Crippen LogP contribution in [0.1, 0.15) is 12.0 Å². The summed E-state index contributed by atoms with van der Waals surface area (Å²) in [6, 6.07) is 7.92. The fraction of sp³-hybridized carbons (Fsp3) is 0.273. The summed E-state index contributed by atoms with van der Waals surface area (Å²) in [4.78, 5) is 0. The topological polar surface area (TPSA) is 0 Å². The monoisotopic (exact) mass is 210 g/mol. The fourth-order valence-corrected chi connectivity index (χ4v) is 1.86. The Morgan fingerprint density at radius 2 is 2.00 bits per heavy atom. The van der Waals surface area contributed by atoms with Crippen molar-refractivity contribution in [3.8, 4) is 12.3 Å². The van der Waals surface area contributed by atoms with Crippen LogP contribution in [0.4, 0.5) is 0 Å². The van der Waals surface area contributed by atoms with E-state index in [4.69, 9.17) is 18.0 Å². The van der Waals surface area contributed by atoms with Crippen LogP contribution in [0.25, 0.3) is 0 Å². The van der Waals surface area contributed by atoms with E-state index in [1.165, 1.54) is 5.56 Å². The molecule has 2 heteroatoms. The van der Waals surface area contributed by atoms with Crippen LogP contribution in [-0.2, 0) is 5.75 Å². The minimum Gasteiger partial charge on any atom is -0.156 e. The summed E-state index contributed by atoms with van der Waals surface area (Å²) in [6.45, 7) is 0. The smallest absolute Gasteiger partial charge is 0.0406 e. The van der Waals surface area contributed by atoms with Gasteiger partial charge in [-0.15, -0.1) is 12.3 Å². The largest absolute Gasteiger partial charge is 0.156 e. The van der Waals surface area contributed by atoms with Crippen molar-refractivity contribution < 1.29 is 0 Å². The van der Waals surface area contributed by atoms with Gasteiger partial charge in [0.1, 0.15) is 0 Å². The highest BCUT2D eigenvalue weighted by atomic mass is 35.5. The van der Waals surface area contributed by atoms with Gasteiger partial charge in [0.25, 0.3) is 0 Å². The lowest BCUT2D eigenvalue weighted by atomic mass is 10.2. The Kier molecular flexibility index (Phi) is 4.82. The molecule has 13 heavy (non-hydrogen) atoms. The summed E-state index contributed by atoms with van der Waals surface area (Å²) in [7, 11) is 0. The van der Waals surface area contributed by atoms with Gasteiger partial charge in [-0.05, 0) is 17.7 Å². The fourth-order valence-electron chi connectivity index (χ4n) is 0.902. The molecule has 0 fully saturated rings. The maximum Gasteiger partial charge on any atom is 0.0406 e. The van der Waals surface area contributed by atoms with E-state index in [-0.39, 0.29) is 0 Å². The van der Waals surface area contributed by atoms with Crippen LogP contribution in [0.3, 0.4) is 0 Å². The van der Waals surface area contributed by atoms with Crippen molar-refractivity contribution >= 4 is 23.4 Å². The average molecular weight is 211 g/mol. The Morgan fingerprint density at radius 1 is 1.31 bits per heavy atom. The third kappa shape index (κ3) is 4.26.